The Morgan fingerprint density at radius 3 is 1.05 bits per heavy atom. The minimum absolute atomic E-state index is 0.00582. The van der Waals surface area contributed by atoms with Crippen LogP contribution in [0.3, 0.4) is 0 Å². The second-order valence-electron chi connectivity index (χ2n) is 22.4. The molecule has 0 bridgehead atoms. The van der Waals surface area contributed by atoms with Crippen LogP contribution in [0.5, 0.6) is 0 Å². The molecule has 73 heavy (non-hydrogen) atoms. The number of nitrogens with one attached hydrogen (secondary N) is 1. The highest BCUT2D eigenvalue weighted by Crippen LogP contribution is 2.17. The molecule has 0 radical (unpaired) electrons. The van der Waals surface area contributed by atoms with Crippen molar-refractivity contribution in [3.63, 3.8) is 0 Å². The lowest BCUT2D eigenvalue weighted by Gasteiger charge is -2.22. The third kappa shape index (κ3) is 59.2. The molecule has 3 N–H and O–H groups in total. The number of carbonyl (C=O) groups excluding carboxylic acids is 2. The number of aliphatic hydroxyl groups excluding tert-OH is 2. The number of carbonyl (C=O) groups is 2. The van der Waals surface area contributed by atoms with Crippen LogP contribution in [0.4, 0.5) is 0 Å². The molecule has 0 spiro atoms. The van der Waals surface area contributed by atoms with E-state index in [2.05, 4.69) is 55.6 Å². The Labute approximate surface area is 455 Å². The highest BCUT2D eigenvalue weighted by molar-refractivity contribution is 5.76. The summed E-state index contributed by atoms with van der Waals surface area (Å²) < 4.78 is 5.49. The van der Waals surface area contributed by atoms with Gasteiger partial charge in [0.25, 0.3) is 0 Å². The number of allylic oxidation sites excluding steroid dienone is 6. The average molecular weight is 1030 g/mol. The molecule has 1 amide bonds. The monoisotopic (exact) mass is 1030 g/mol. The zero-order valence-electron chi connectivity index (χ0n) is 49.1. The molecule has 0 aromatic rings. The first kappa shape index (κ1) is 71.1. The predicted molar refractivity (Wildman–Crippen MR) is 319 cm³/mol. The molecule has 0 heterocycles. The fourth-order valence-electron chi connectivity index (χ4n) is 10.1. The standard InChI is InChI=1S/C67H127NO5/c1-3-5-7-9-11-13-14-15-16-35-38-41-45-49-53-57-61-67(72)73-62-58-54-50-46-42-39-36-33-31-29-27-25-23-21-19-17-18-20-22-24-26-28-30-32-34-37-40-44-48-52-56-60-66(71)68-64(63-69)65(70)59-55-51-47-43-12-10-8-6-4-2/h16,19,21,25,27,35,64-65,69-70H,3-15,17-18,20,22-24,26,28-34,36-63H2,1-2H3,(H,68,71)/b21-19-,27-25-,35-16-. The van der Waals surface area contributed by atoms with Gasteiger partial charge in [-0.15, -0.1) is 0 Å². The first-order chi connectivity index (χ1) is 36.0. The molecule has 0 aliphatic rings. The number of esters is 1. The van der Waals surface area contributed by atoms with E-state index in [4.69, 9.17) is 4.74 Å². The lowest BCUT2D eigenvalue weighted by atomic mass is 10.0. The summed E-state index contributed by atoms with van der Waals surface area (Å²) >= 11 is 0. The Kier molecular flexibility index (Phi) is 61.0. The van der Waals surface area contributed by atoms with Gasteiger partial charge in [-0.3, -0.25) is 9.59 Å². The van der Waals surface area contributed by atoms with Gasteiger partial charge in [0.1, 0.15) is 0 Å². The zero-order chi connectivity index (χ0) is 52.9. The minimum atomic E-state index is -0.661. The second kappa shape index (κ2) is 62.6. The normalized spacial score (nSPS) is 12.8. The summed E-state index contributed by atoms with van der Waals surface area (Å²) in [5.74, 6) is -0.0302. The molecule has 0 rings (SSSR count). The first-order valence-corrected chi connectivity index (χ1v) is 32.7. The SMILES string of the molecule is CCCCCCCCC/C=C\CCCCCCCC(=O)OCCCCCCCCCCC/C=C\C/C=C\CCCCCCCCCCCCCCCCCC(=O)NC(CO)C(O)CCCCCCCCCCC. The summed E-state index contributed by atoms with van der Waals surface area (Å²) in [5, 5.41) is 23.1. The van der Waals surface area contributed by atoms with Crippen molar-refractivity contribution in [1.82, 2.24) is 5.32 Å². The number of hydrogen-bond acceptors (Lipinski definition) is 5. The van der Waals surface area contributed by atoms with Crippen molar-refractivity contribution >= 4 is 11.9 Å². The van der Waals surface area contributed by atoms with Crippen LogP contribution in [0.2, 0.25) is 0 Å². The fourth-order valence-corrected chi connectivity index (χ4v) is 10.1. The molecular weight excluding hydrogens is 899 g/mol. The van der Waals surface area contributed by atoms with Crippen LogP contribution in [-0.2, 0) is 14.3 Å². The van der Waals surface area contributed by atoms with E-state index < -0.39 is 12.1 Å². The third-order valence-corrected chi connectivity index (χ3v) is 15.2. The predicted octanol–water partition coefficient (Wildman–Crippen LogP) is 20.8. The minimum Gasteiger partial charge on any atom is -0.466 e. The van der Waals surface area contributed by atoms with Crippen molar-refractivity contribution < 1.29 is 24.5 Å². The third-order valence-electron chi connectivity index (χ3n) is 15.2. The fraction of sp³-hybridized carbons (Fsp3) is 0.881. The van der Waals surface area contributed by atoms with E-state index in [9.17, 15) is 19.8 Å². The molecule has 0 aromatic carbocycles. The average Bonchev–Trinajstić information content (AvgIpc) is 3.39. The van der Waals surface area contributed by atoms with Crippen molar-refractivity contribution in [1.29, 1.82) is 0 Å². The van der Waals surface area contributed by atoms with Crippen molar-refractivity contribution in [2.75, 3.05) is 13.2 Å². The van der Waals surface area contributed by atoms with Gasteiger partial charge >= 0.3 is 5.97 Å². The number of unbranched alkanes of at least 4 members (excludes halogenated alkanes) is 44. The van der Waals surface area contributed by atoms with Gasteiger partial charge in [-0.25, -0.2) is 0 Å². The quantitative estimate of drug-likeness (QED) is 0.0320. The summed E-state index contributed by atoms with van der Waals surface area (Å²) in [6.07, 6.45) is 79.0. The number of ether oxygens (including phenoxy) is 1. The molecule has 0 saturated heterocycles. The van der Waals surface area contributed by atoms with E-state index in [1.807, 2.05) is 0 Å². The largest absolute Gasteiger partial charge is 0.466 e. The van der Waals surface area contributed by atoms with Crippen molar-refractivity contribution in [3.05, 3.63) is 36.5 Å². The van der Waals surface area contributed by atoms with E-state index in [-0.39, 0.29) is 18.5 Å². The molecule has 0 aliphatic heterocycles. The number of rotatable bonds is 61. The topological polar surface area (TPSA) is 95.9 Å². The van der Waals surface area contributed by atoms with Gasteiger partial charge in [0.2, 0.25) is 5.91 Å². The lowest BCUT2D eigenvalue weighted by molar-refractivity contribution is -0.143. The molecule has 6 heteroatoms. The Morgan fingerprint density at radius 1 is 0.384 bits per heavy atom. The summed E-state index contributed by atoms with van der Waals surface area (Å²) in [6.45, 7) is 4.94. The molecule has 430 valence electrons. The maximum atomic E-state index is 12.4. The first-order valence-electron chi connectivity index (χ1n) is 32.7. The van der Waals surface area contributed by atoms with Crippen LogP contribution in [0.1, 0.15) is 354 Å². The zero-order valence-corrected chi connectivity index (χ0v) is 49.1. The van der Waals surface area contributed by atoms with Crippen LogP contribution < -0.4 is 5.32 Å². The number of amides is 1. The van der Waals surface area contributed by atoms with Crippen LogP contribution in [0, 0.1) is 0 Å². The van der Waals surface area contributed by atoms with Gasteiger partial charge in [-0.2, -0.15) is 0 Å². The number of aliphatic hydroxyl groups is 2. The maximum absolute atomic E-state index is 12.4. The Morgan fingerprint density at radius 2 is 0.685 bits per heavy atom. The lowest BCUT2D eigenvalue weighted by Crippen LogP contribution is -2.45. The molecule has 6 nitrogen and oxygen atoms in total. The van der Waals surface area contributed by atoms with Gasteiger partial charge in [-0.1, -0.05) is 294 Å². The Bertz CT molecular complexity index is 1180. The molecule has 0 saturated carbocycles. The Balaban J connectivity index is 3.36. The second-order valence-corrected chi connectivity index (χ2v) is 22.4. The van der Waals surface area contributed by atoms with Crippen LogP contribution in [-0.4, -0.2) is 47.4 Å². The highest BCUT2D eigenvalue weighted by atomic mass is 16.5. The summed E-state index contributed by atoms with van der Waals surface area (Å²) in [5.41, 5.74) is 0. The van der Waals surface area contributed by atoms with Crippen LogP contribution in [0.25, 0.3) is 0 Å². The van der Waals surface area contributed by atoms with Crippen LogP contribution in [0.15, 0.2) is 36.5 Å². The van der Waals surface area contributed by atoms with Crippen LogP contribution >= 0.6 is 0 Å². The maximum Gasteiger partial charge on any atom is 0.305 e. The summed E-state index contributed by atoms with van der Waals surface area (Å²) in [7, 11) is 0. The van der Waals surface area contributed by atoms with Gasteiger partial charge in [0.05, 0.1) is 25.4 Å². The van der Waals surface area contributed by atoms with Crippen molar-refractivity contribution in [2.24, 2.45) is 0 Å². The van der Waals surface area contributed by atoms with Gasteiger partial charge in [0, 0.05) is 12.8 Å². The molecule has 2 unspecified atom stereocenters. The Hall–Kier alpha value is -1.92. The van der Waals surface area contributed by atoms with E-state index in [0.717, 1.165) is 51.4 Å². The number of hydrogen-bond donors (Lipinski definition) is 3. The summed E-state index contributed by atoms with van der Waals surface area (Å²) in [6, 6.07) is -0.539. The molecule has 0 aromatic heterocycles. The molecule has 0 fully saturated rings. The smallest absolute Gasteiger partial charge is 0.305 e. The van der Waals surface area contributed by atoms with Crippen molar-refractivity contribution in [2.45, 2.75) is 366 Å². The van der Waals surface area contributed by atoms with Gasteiger partial charge in [0.15, 0.2) is 0 Å². The van der Waals surface area contributed by atoms with Gasteiger partial charge in [-0.05, 0) is 83.5 Å². The van der Waals surface area contributed by atoms with E-state index >= 15 is 0 Å². The molecular formula is C67H127NO5. The highest BCUT2D eigenvalue weighted by Gasteiger charge is 2.20. The van der Waals surface area contributed by atoms with Gasteiger partial charge < -0.3 is 20.3 Å². The van der Waals surface area contributed by atoms with E-state index in [0.29, 0.717) is 25.9 Å². The summed E-state index contributed by atoms with van der Waals surface area (Å²) in [4.78, 5) is 24.5. The molecule has 2 atom stereocenters. The van der Waals surface area contributed by atoms with Crippen molar-refractivity contribution in [3.8, 4) is 0 Å². The van der Waals surface area contributed by atoms with E-state index in [1.165, 1.54) is 270 Å². The van der Waals surface area contributed by atoms with E-state index in [1.54, 1.807) is 0 Å². The molecule has 0 aliphatic carbocycles.